The molecule has 34 heavy (non-hydrogen) atoms. The summed E-state index contributed by atoms with van der Waals surface area (Å²) in [4.78, 5) is 48.1. The van der Waals surface area contributed by atoms with Crippen LogP contribution in [0.1, 0.15) is 25.0 Å². The van der Waals surface area contributed by atoms with Gasteiger partial charge in [0.15, 0.2) is 11.5 Å². The first-order chi connectivity index (χ1) is 16.2. The van der Waals surface area contributed by atoms with E-state index in [0.717, 1.165) is 22.2 Å². The average molecular weight is 487 g/mol. The van der Waals surface area contributed by atoms with E-state index in [-0.39, 0.29) is 17.2 Å². The Morgan fingerprint density at radius 1 is 1.15 bits per heavy atom. The van der Waals surface area contributed by atoms with E-state index in [1.165, 1.54) is 32.2 Å². The van der Waals surface area contributed by atoms with Gasteiger partial charge in [-0.15, -0.1) is 0 Å². The molecule has 178 valence electrons. The number of carbonyl (C=O) groups excluding carboxylic acids is 3. The van der Waals surface area contributed by atoms with E-state index >= 15 is 0 Å². The van der Waals surface area contributed by atoms with Gasteiger partial charge in [0, 0.05) is 12.1 Å². The number of benzene rings is 2. The van der Waals surface area contributed by atoms with Crippen LogP contribution < -0.4 is 9.47 Å². The van der Waals surface area contributed by atoms with Crippen molar-refractivity contribution in [3.63, 3.8) is 0 Å². The van der Waals surface area contributed by atoms with E-state index in [1.807, 2.05) is 6.92 Å². The fourth-order valence-corrected chi connectivity index (χ4v) is 4.03. The van der Waals surface area contributed by atoms with Gasteiger partial charge in [0.25, 0.3) is 16.8 Å². The molecule has 1 fully saturated rings. The number of non-ortho nitro benzene ring substituents is 1. The van der Waals surface area contributed by atoms with Crippen molar-refractivity contribution >= 4 is 40.6 Å². The molecule has 0 N–H and O–H groups in total. The summed E-state index contributed by atoms with van der Waals surface area (Å²) in [6, 6.07) is 10.0. The van der Waals surface area contributed by atoms with Crippen molar-refractivity contribution in [1.29, 1.82) is 0 Å². The first kappa shape index (κ1) is 24.8. The Morgan fingerprint density at radius 2 is 1.85 bits per heavy atom. The molecule has 0 aliphatic carbocycles. The van der Waals surface area contributed by atoms with Gasteiger partial charge in [-0.25, -0.2) is 4.79 Å². The van der Waals surface area contributed by atoms with Gasteiger partial charge in [-0.2, -0.15) is 0 Å². The minimum Gasteiger partial charge on any atom is -0.490 e. The van der Waals surface area contributed by atoms with Gasteiger partial charge >= 0.3 is 5.97 Å². The second-order valence-electron chi connectivity index (χ2n) is 7.10. The summed E-state index contributed by atoms with van der Waals surface area (Å²) in [6.45, 7) is 3.77. The third-order valence-corrected chi connectivity index (χ3v) is 5.74. The number of thioether (sulfide) groups is 1. The molecule has 11 heteroatoms. The van der Waals surface area contributed by atoms with Gasteiger partial charge in [0.05, 0.1) is 23.5 Å². The Morgan fingerprint density at radius 3 is 2.47 bits per heavy atom. The number of esters is 1. The number of carbonyl (C=O) groups is 3. The Balaban J connectivity index is 1.77. The quantitative estimate of drug-likeness (QED) is 0.222. The number of hydrogen-bond donors (Lipinski definition) is 0. The summed E-state index contributed by atoms with van der Waals surface area (Å²) in [5.41, 5.74) is 1.33. The molecular weight excluding hydrogens is 464 g/mol. The fraction of sp³-hybridized carbons (Fsp3) is 0.261. The second-order valence-corrected chi connectivity index (χ2v) is 8.10. The largest absolute Gasteiger partial charge is 0.490 e. The van der Waals surface area contributed by atoms with E-state index in [1.54, 1.807) is 30.3 Å². The van der Waals surface area contributed by atoms with Crippen LogP contribution in [0, 0.1) is 10.1 Å². The molecule has 0 radical (unpaired) electrons. The molecule has 1 aliphatic heterocycles. The number of rotatable bonds is 9. The van der Waals surface area contributed by atoms with Gasteiger partial charge in [-0.3, -0.25) is 24.6 Å². The molecule has 0 saturated carbocycles. The van der Waals surface area contributed by atoms with Crippen molar-refractivity contribution in [2.75, 3.05) is 13.7 Å². The van der Waals surface area contributed by atoms with Crippen molar-refractivity contribution in [2.24, 2.45) is 0 Å². The highest BCUT2D eigenvalue weighted by Crippen LogP contribution is 2.36. The normalized spacial score (nSPS) is 15.4. The van der Waals surface area contributed by atoms with Crippen molar-refractivity contribution in [2.45, 2.75) is 26.5 Å². The van der Waals surface area contributed by atoms with Crippen LogP contribution in [0.4, 0.5) is 10.5 Å². The number of nitro benzene ring substituents is 1. The standard InChI is InChI=1S/C23H22N2O8S/c1-4-32-19-11-16(12-20-21(26)24(23(28)34-20)14(2)22(27)31-3)7-10-18(19)33-13-15-5-8-17(9-6-15)25(29)30/h5-12,14H,4,13H2,1-3H3/b20-12+/t14-/m0/s1. The van der Waals surface area contributed by atoms with Crippen LogP contribution in [0.5, 0.6) is 11.5 Å². The van der Waals surface area contributed by atoms with Gasteiger partial charge < -0.3 is 14.2 Å². The van der Waals surface area contributed by atoms with Gasteiger partial charge in [0.1, 0.15) is 12.6 Å². The lowest BCUT2D eigenvalue weighted by molar-refractivity contribution is -0.384. The molecule has 3 rings (SSSR count). The van der Waals surface area contributed by atoms with Crippen molar-refractivity contribution < 1.29 is 33.5 Å². The SMILES string of the molecule is CCOc1cc(/C=C2/SC(=O)N([C@@H](C)C(=O)OC)C2=O)ccc1OCc1ccc([N+](=O)[O-])cc1. The highest BCUT2D eigenvalue weighted by atomic mass is 32.2. The lowest BCUT2D eigenvalue weighted by Crippen LogP contribution is -2.42. The van der Waals surface area contributed by atoms with Gasteiger partial charge in [0.2, 0.25) is 0 Å². The maximum Gasteiger partial charge on any atom is 0.328 e. The monoisotopic (exact) mass is 486 g/mol. The van der Waals surface area contributed by atoms with Crippen LogP contribution in [0.2, 0.25) is 0 Å². The number of ether oxygens (including phenoxy) is 3. The van der Waals surface area contributed by atoms with Crippen LogP contribution in [0.25, 0.3) is 6.08 Å². The second kappa shape index (κ2) is 10.8. The maximum absolute atomic E-state index is 12.7. The summed E-state index contributed by atoms with van der Waals surface area (Å²) in [5, 5.41) is 10.2. The number of imide groups is 1. The van der Waals surface area contributed by atoms with E-state index in [4.69, 9.17) is 9.47 Å². The van der Waals surface area contributed by atoms with Gasteiger partial charge in [-0.05, 0) is 67.1 Å². The van der Waals surface area contributed by atoms with Crippen LogP contribution in [0.15, 0.2) is 47.4 Å². The third kappa shape index (κ3) is 5.54. The third-order valence-electron chi connectivity index (χ3n) is 4.86. The van der Waals surface area contributed by atoms with Crippen molar-refractivity contribution in [3.8, 4) is 11.5 Å². The number of hydrogen-bond acceptors (Lipinski definition) is 9. The average Bonchev–Trinajstić information content (AvgIpc) is 3.10. The van der Waals surface area contributed by atoms with Crippen molar-refractivity contribution in [1.82, 2.24) is 4.90 Å². The predicted octanol–water partition coefficient (Wildman–Crippen LogP) is 4.17. The summed E-state index contributed by atoms with van der Waals surface area (Å²) in [7, 11) is 1.19. The fourth-order valence-electron chi connectivity index (χ4n) is 3.12. The van der Waals surface area contributed by atoms with E-state index in [0.29, 0.717) is 23.7 Å². The zero-order chi connectivity index (χ0) is 24.8. The molecule has 1 aliphatic rings. The smallest absolute Gasteiger partial charge is 0.328 e. The molecule has 0 bridgehead atoms. The number of nitrogens with zero attached hydrogens (tertiary/aromatic N) is 2. The molecule has 0 aromatic heterocycles. The minimum absolute atomic E-state index is 0.00602. The molecule has 1 saturated heterocycles. The zero-order valence-corrected chi connectivity index (χ0v) is 19.5. The molecule has 0 unspecified atom stereocenters. The van der Waals surface area contributed by atoms with E-state index in [9.17, 15) is 24.5 Å². The minimum atomic E-state index is -1.03. The van der Waals surface area contributed by atoms with E-state index in [2.05, 4.69) is 4.74 Å². The summed E-state index contributed by atoms with van der Waals surface area (Å²) >= 11 is 0.738. The summed E-state index contributed by atoms with van der Waals surface area (Å²) < 4.78 is 16.1. The van der Waals surface area contributed by atoms with Gasteiger partial charge in [-0.1, -0.05) is 6.07 Å². The predicted molar refractivity (Wildman–Crippen MR) is 124 cm³/mol. The molecule has 2 aromatic rings. The summed E-state index contributed by atoms with van der Waals surface area (Å²) in [6.07, 6.45) is 1.54. The van der Waals surface area contributed by atoms with E-state index < -0.39 is 28.1 Å². The van der Waals surface area contributed by atoms with Crippen LogP contribution in [0.3, 0.4) is 0 Å². The Bertz CT molecular complexity index is 1150. The lowest BCUT2D eigenvalue weighted by atomic mass is 10.1. The number of amides is 2. The molecular formula is C23H22N2O8S. The Hall–Kier alpha value is -3.86. The van der Waals surface area contributed by atoms with Crippen molar-refractivity contribution in [3.05, 3.63) is 68.6 Å². The Kier molecular flexibility index (Phi) is 7.90. The Labute approximate surface area is 199 Å². The molecule has 2 amide bonds. The van der Waals surface area contributed by atoms with Crippen LogP contribution in [-0.4, -0.2) is 46.7 Å². The lowest BCUT2D eigenvalue weighted by Gasteiger charge is -2.18. The molecule has 10 nitrogen and oxygen atoms in total. The highest BCUT2D eigenvalue weighted by molar-refractivity contribution is 8.18. The van der Waals surface area contributed by atoms with Crippen LogP contribution in [-0.2, 0) is 20.9 Å². The zero-order valence-electron chi connectivity index (χ0n) is 18.7. The summed E-state index contributed by atoms with van der Waals surface area (Å²) in [5.74, 6) is -0.383. The first-order valence-corrected chi connectivity index (χ1v) is 11.0. The topological polar surface area (TPSA) is 125 Å². The molecule has 0 spiro atoms. The highest BCUT2D eigenvalue weighted by Gasteiger charge is 2.41. The number of methoxy groups -OCH3 is 1. The molecule has 1 heterocycles. The number of nitro groups is 1. The molecule has 1 atom stereocenters. The maximum atomic E-state index is 12.7. The first-order valence-electron chi connectivity index (χ1n) is 10.2. The van der Waals surface area contributed by atoms with Crippen LogP contribution >= 0.6 is 11.8 Å². The molecule has 2 aromatic carbocycles.